The molecule has 4 heterocycles. The number of aromatic nitrogens is 2. The molecule has 0 saturated carbocycles. The van der Waals surface area contributed by atoms with E-state index in [0.29, 0.717) is 43.9 Å². The van der Waals surface area contributed by atoms with Crippen LogP contribution in [-0.4, -0.2) is 33.4 Å². The van der Waals surface area contributed by atoms with Gasteiger partial charge in [-0.2, -0.15) is 13.2 Å². The Morgan fingerprint density at radius 2 is 1.87 bits per heavy atom. The summed E-state index contributed by atoms with van der Waals surface area (Å²) in [7, 11) is 1.74. The number of hydrogen-bond donors (Lipinski definition) is 0. The van der Waals surface area contributed by atoms with E-state index in [-0.39, 0.29) is 17.4 Å². The molecular formula is C21H23F3N4O2. The van der Waals surface area contributed by atoms with Gasteiger partial charge in [-0.15, -0.1) is 0 Å². The average molecular weight is 420 g/mol. The fourth-order valence-electron chi connectivity index (χ4n) is 4.23. The van der Waals surface area contributed by atoms with Crippen molar-refractivity contribution >= 4 is 11.6 Å². The van der Waals surface area contributed by atoms with Gasteiger partial charge in [0.1, 0.15) is 5.69 Å². The van der Waals surface area contributed by atoms with E-state index in [1.54, 1.807) is 22.6 Å². The number of halogens is 3. The number of nitrogens with zero attached hydrogens (tertiary/aromatic N) is 4. The van der Waals surface area contributed by atoms with Gasteiger partial charge in [-0.3, -0.25) is 14.6 Å². The van der Waals surface area contributed by atoms with Crippen molar-refractivity contribution in [3.8, 4) is 0 Å². The van der Waals surface area contributed by atoms with Crippen LogP contribution in [0.2, 0.25) is 0 Å². The first-order valence-corrected chi connectivity index (χ1v) is 9.80. The second-order valence-corrected chi connectivity index (χ2v) is 8.15. The summed E-state index contributed by atoms with van der Waals surface area (Å²) >= 11 is 0. The first kappa shape index (κ1) is 20.4. The molecule has 1 amide bonds. The Bertz CT molecular complexity index is 1070. The largest absolute Gasteiger partial charge is 0.433 e. The fraction of sp³-hybridized carbons (Fsp3) is 0.476. The molecule has 2 aliphatic rings. The van der Waals surface area contributed by atoms with Gasteiger partial charge in [-0.05, 0) is 37.1 Å². The number of amides is 1. The molecule has 0 unspecified atom stereocenters. The van der Waals surface area contributed by atoms with Gasteiger partial charge < -0.3 is 14.4 Å². The highest BCUT2D eigenvalue weighted by Crippen LogP contribution is 2.33. The van der Waals surface area contributed by atoms with Crippen LogP contribution in [0.5, 0.6) is 0 Å². The molecule has 0 radical (unpaired) electrons. The lowest BCUT2D eigenvalue weighted by Crippen LogP contribution is -2.48. The average Bonchev–Trinajstić information content (AvgIpc) is 3.12. The third kappa shape index (κ3) is 3.46. The quantitative estimate of drug-likeness (QED) is 0.766. The predicted octanol–water partition coefficient (Wildman–Crippen LogP) is 2.78. The highest BCUT2D eigenvalue weighted by atomic mass is 19.4. The van der Waals surface area contributed by atoms with Gasteiger partial charge in [-0.1, -0.05) is 0 Å². The highest BCUT2D eigenvalue weighted by Gasteiger charge is 2.36. The standard InChI is InChI=1S/C21H23F3N4O2/c1-12-13(2)26(3)20(30)17-11-28(10-16(12)17)19(29)6-14-8-27(9-14)15-4-5-25-18(7-15)21(22,23)24/h4-5,7,14H,6,8-11H2,1-3H3. The normalized spacial score (nSPS) is 16.6. The summed E-state index contributed by atoms with van der Waals surface area (Å²) < 4.78 is 40.1. The molecule has 1 saturated heterocycles. The molecule has 2 aliphatic heterocycles. The number of fused-ring (bicyclic) bond motifs is 1. The fourth-order valence-corrected chi connectivity index (χ4v) is 4.23. The Kier molecular flexibility index (Phi) is 4.86. The van der Waals surface area contributed by atoms with Crippen molar-refractivity contribution < 1.29 is 18.0 Å². The van der Waals surface area contributed by atoms with E-state index >= 15 is 0 Å². The SMILES string of the molecule is Cc1c2c(c(=O)n(C)c1C)CN(C(=O)CC1CN(c3ccnc(C(F)(F)F)c3)C1)C2. The van der Waals surface area contributed by atoms with Crippen molar-refractivity contribution in [3.63, 3.8) is 0 Å². The van der Waals surface area contributed by atoms with E-state index in [9.17, 15) is 22.8 Å². The summed E-state index contributed by atoms with van der Waals surface area (Å²) in [5.74, 6) is 0.0510. The molecule has 0 N–H and O–H groups in total. The van der Waals surface area contributed by atoms with E-state index in [1.165, 1.54) is 0 Å². The second kappa shape index (κ2) is 7.14. The lowest BCUT2D eigenvalue weighted by Gasteiger charge is -2.41. The number of rotatable bonds is 3. The van der Waals surface area contributed by atoms with Crippen LogP contribution in [0.1, 0.15) is 34.5 Å². The molecule has 0 bridgehead atoms. The predicted molar refractivity (Wildman–Crippen MR) is 105 cm³/mol. The summed E-state index contributed by atoms with van der Waals surface area (Å²) in [5.41, 5.74) is 3.05. The minimum absolute atomic E-state index is 0.0272. The van der Waals surface area contributed by atoms with Crippen molar-refractivity contribution in [3.05, 3.63) is 56.8 Å². The summed E-state index contributed by atoms with van der Waals surface area (Å²) in [6, 6.07) is 2.58. The Labute approximate surface area is 171 Å². The molecule has 0 aromatic carbocycles. The maximum atomic E-state index is 12.8. The van der Waals surface area contributed by atoms with Crippen LogP contribution in [0.25, 0.3) is 0 Å². The first-order valence-electron chi connectivity index (χ1n) is 9.80. The molecule has 0 atom stereocenters. The summed E-state index contributed by atoms with van der Waals surface area (Å²) in [6.07, 6.45) is -3.00. The molecular weight excluding hydrogens is 397 g/mol. The van der Waals surface area contributed by atoms with Crippen LogP contribution >= 0.6 is 0 Å². The van der Waals surface area contributed by atoms with E-state index in [4.69, 9.17) is 0 Å². The van der Waals surface area contributed by atoms with E-state index in [1.807, 2.05) is 18.7 Å². The van der Waals surface area contributed by atoms with Crippen molar-refractivity contribution in [2.24, 2.45) is 13.0 Å². The summed E-state index contributed by atoms with van der Waals surface area (Å²) in [5, 5.41) is 0. The van der Waals surface area contributed by atoms with Gasteiger partial charge in [0, 0.05) is 62.2 Å². The molecule has 0 aliphatic carbocycles. The monoisotopic (exact) mass is 420 g/mol. The molecule has 4 rings (SSSR count). The van der Waals surface area contributed by atoms with Gasteiger partial charge in [0.2, 0.25) is 5.91 Å². The minimum Gasteiger partial charge on any atom is -0.371 e. The van der Waals surface area contributed by atoms with Crippen LogP contribution in [-0.2, 0) is 31.1 Å². The first-order chi connectivity index (χ1) is 14.1. The third-order valence-corrected chi connectivity index (χ3v) is 6.30. The van der Waals surface area contributed by atoms with E-state index in [2.05, 4.69) is 4.98 Å². The maximum Gasteiger partial charge on any atom is 0.433 e. The summed E-state index contributed by atoms with van der Waals surface area (Å²) in [4.78, 5) is 32.2. The van der Waals surface area contributed by atoms with E-state index < -0.39 is 11.9 Å². The number of carbonyl (C=O) groups is 1. The molecule has 1 fully saturated rings. The van der Waals surface area contributed by atoms with E-state index in [0.717, 1.165) is 29.1 Å². The molecule has 9 heteroatoms. The smallest absolute Gasteiger partial charge is 0.371 e. The molecule has 6 nitrogen and oxygen atoms in total. The van der Waals surface area contributed by atoms with Crippen molar-refractivity contribution in [2.75, 3.05) is 18.0 Å². The van der Waals surface area contributed by atoms with Crippen LogP contribution in [0.4, 0.5) is 18.9 Å². The Balaban J connectivity index is 1.38. The van der Waals surface area contributed by atoms with Crippen LogP contribution in [0, 0.1) is 19.8 Å². The molecule has 0 spiro atoms. The molecule has 2 aromatic rings. The zero-order valence-electron chi connectivity index (χ0n) is 17.1. The minimum atomic E-state index is -4.48. The third-order valence-electron chi connectivity index (χ3n) is 6.30. The van der Waals surface area contributed by atoms with Crippen molar-refractivity contribution in [2.45, 2.75) is 39.5 Å². The Morgan fingerprint density at radius 3 is 2.53 bits per heavy atom. The van der Waals surface area contributed by atoms with Gasteiger partial charge in [0.25, 0.3) is 5.56 Å². The van der Waals surface area contributed by atoms with Crippen molar-refractivity contribution in [1.29, 1.82) is 0 Å². The number of hydrogen-bond acceptors (Lipinski definition) is 4. The number of carbonyl (C=O) groups excluding carboxylic acids is 1. The Hall–Kier alpha value is -2.84. The van der Waals surface area contributed by atoms with Crippen LogP contribution < -0.4 is 10.5 Å². The number of anilines is 1. The summed E-state index contributed by atoms with van der Waals surface area (Å²) in [6.45, 7) is 5.66. The maximum absolute atomic E-state index is 12.8. The molecule has 160 valence electrons. The van der Waals surface area contributed by atoms with Crippen molar-refractivity contribution in [1.82, 2.24) is 14.5 Å². The molecule has 30 heavy (non-hydrogen) atoms. The lowest BCUT2D eigenvalue weighted by molar-refractivity contribution is -0.141. The number of pyridine rings is 2. The zero-order valence-corrected chi connectivity index (χ0v) is 17.1. The van der Waals surface area contributed by atoms with Gasteiger partial charge in [-0.25, -0.2) is 0 Å². The topological polar surface area (TPSA) is 58.4 Å². The zero-order chi connectivity index (χ0) is 21.8. The number of alkyl halides is 3. The molecule has 2 aromatic heterocycles. The van der Waals surface area contributed by atoms with Gasteiger partial charge in [0.05, 0.1) is 6.54 Å². The van der Waals surface area contributed by atoms with Crippen LogP contribution in [0.3, 0.4) is 0 Å². The lowest BCUT2D eigenvalue weighted by atomic mass is 9.95. The second-order valence-electron chi connectivity index (χ2n) is 8.15. The van der Waals surface area contributed by atoms with Gasteiger partial charge in [0.15, 0.2) is 0 Å². The highest BCUT2D eigenvalue weighted by molar-refractivity contribution is 5.78. The van der Waals surface area contributed by atoms with Crippen LogP contribution in [0.15, 0.2) is 23.1 Å². The van der Waals surface area contributed by atoms with Gasteiger partial charge >= 0.3 is 6.18 Å². The Morgan fingerprint density at radius 1 is 1.20 bits per heavy atom.